The molecule has 5 nitrogen and oxygen atoms in total. The molecule has 0 radical (unpaired) electrons. The van der Waals surface area contributed by atoms with Crippen LogP contribution in [0.25, 0.3) is 0 Å². The third-order valence-electron chi connectivity index (χ3n) is 2.89. The lowest BCUT2D eigenvalue weighted by Gasteiger charge is -2.09. The van der Waals surface area contributed by atoms with E-state index >= 15 is 0 Å². The van der Waals surface area contributed by atoms with Gasteiger partial charge in [0.25, 0.3) is 0 Å². The van der Waals surface area contributed by atoms with Crippen LogP contribution in [0.3, 0.4) is 0 Å². The number of aromatic nitrogens is 1. The molecule has 0 aliphatic rings. The molecular weight excluding hydrogens is 256 g/mol. The molecule has 1 aromatic heterocycles. The molecule has 0 fully saturated rings. The second kappa shape index (κ2) is 6.06. The lowest BCUT2D eigenvalue weighted by atomic mass is 10.1. The predicted molar refractivity (Wildman–Crippen MR) is 77.1 cm³/mol. The van der Waals surface area contributed by atoms with Gasteiger partial charge in [0.1, 0.15) is 11.4 Å². The van der Waals surface area contributed by atoms with Gasteiger partial charge < -0.3 is 15.0 Å². The number of nitrogens with one attached hydrogen (secondary N) is 2. The van der Waals surface area contributed by atoms with Gasteiger partial charge in [-0.15, -0.1) is 0 Å². The van der Waals surface area contributed by atoms with Crippen LogP contribution in [-0.2, 0) is 11.2 Å². The molecule has 1 heterocycles. The molecular formula is C15H16N2O3. The number of rotatable bonds is 4. The van der Waals surface area contributed by atoms with Crippen molar-refractivity contribution >= 4 is 11.6 Å². The van der Waals surface area contributed by atoms with Crippen molar-refractivity contribution in [1.29, 1.82) is 0 Å². The summed E-state index contributed by atoms with van der Waals surface area (Å²) in [7, 11) is 1.56. The monoisotopic (exact) mass is 272 g/mol. The van der Waals surface area contributed by atoms with Gasteiger partial charge in [0.15, 0.2) is 0 Å². The molecule has 20 heavy (non-hydrogen) atoms. The molecule has 0 unspecified atom stereocenters. The van der Waals surface area contributed by atoms with Crippen molar-refractivity contribution in [3.05, 3.63) is 58.0 Å². The van der Waals surface area contributed by atoms with E-state index in [0.29, 0.717) is 5.75 Å². The van der Waals surface area contributed by atoms with Gasteiger partial charge in [-0.1, -0.05) is 17.7 Å². The third kappa shape index (κ3) is 3.26. The Morgan fingerprint density at radius 1 is 1.35 bits per heavy atom. The maximum atomic E-state index is 12.0. The van der Waals surface area contributed by atoms with Gasteiger partial charge in [-0.05, 0) is 13.0 Å². The summed E-state index contributed by atoms with van der Waals surface area (Å²) >= 11 is 0. The van der Waals surface area contributed by atoms with Crippen molar-refractivity contribution in [3.63, 3.8) is 0 Å². The van der Waals surface area contributed by atoms with Crippen LogP contribution >= 0.6 is 0 Å². The molecule has 2 aromatic rings. The fourth-order valence-electron chi connectivity index (χ4n) is 1.93. The number of hydrogen-bond acceptors (Lipinski definition) is 3. The maximum absolute atomic E-state index is 12.0. The number of benzene rings is 1. The van der Waals surface area contributed by atoms with Gasteiger partial charge in [-0.3, -0.25) is 9.59 Å². The molecule has 2 N–H and O–H groups in total. The molecule has 0 spiro atoms. The fraction of sp³-hybridized carbons (Fsp3) is 0.200. The Bertz CT molecular complexity index is 677. The van der Waals surface area contributed by atoms with Gasteiger partial charge in [-0.2, -0.15) is 0 Å². The second-order valence-corrected chi connectivity index (χ2v) is 4.46. The van der Waals surface area contributed by atoms with Gasteiger partial charge in [-0.25, -0.2) is 0 Å². The third-order valence-corrected chi connectivity index (χ3v) is 2.89. The van der Waals surface area contributed by atoms with Gasteiger partial charge in [0.2, 0.25) is 11.3 Å². The smallest absolute Gasteiger partial charge is 0.229 e. The number of aromatic amines is 1. The van der Waals surface area contributed by atoms with Crippen LogP contribution in [0, 0.1) is 6.92 Å². The van der Waals surface area contributed by atoms with E-state index in [4.69, 9.17) is 4.74 Å². The van der Waals surface area contributed by atoms with Crippen LogP contribution in [0.1, 0.15) is 11.1 Å². The highest BCUT2D eigenvalue weighted by Crippen LogP contribution is 2.20. The Morgan fingerprint density at radius 3 is 2.85 bits per heavy atom. The van der Waals surface area contributed by atoms with Gasteiger partial charge >= 0.3 is 0 Å². The molecule has 1 aromatic carbocycles. The zero-order valence-corrected chi connectivity index (χ0v) is 11.4. The van der Waals surface area contributed by atoms with Crippen molar-refractivity contribution in [2.75, 3.05) is 12.4 Å². The number of anilines is 1. The molecule has 0 saturated carbocycles. The van der Waals surface area contributed by atoms with Crippen molar-refractivity contribution in [3.8, 4) is 5.75 Å². The highest BCUT2D eigenvalue weighted by atomic mass is 16.5. The van der Waals surface area contributed by atoms with Crippen LogP contribution in [0.4, 0.5) is 5.69 Å². The highest BCUT2D eigenvalue weighted by molar-refractivity contribution is 5.92. The summed E-state index contributed by atoms with van der Waals surface area (Å²) in [5.41, 5.74) is 1.85. The van der Waals surface area contributed by atoms with Crippen LogP contribution in [-0.4, -0.2) is 18.0 Å². The quantitative estimate of drug-likeness (QED) is 0.892. The summed E-state index contributed by atoms with van der Waals surface area (Å²) in [4.78, 5) is 26.3. The predicted octanol–water partition coefficient (Wildman–Crippen LogP) is 1.87. The fourth-order valence-corrected chi connectivity index (χ4v) is 1.93. The van der Waals surface area contributed by atoms with E-state index in [9.17, 15) is 9.59 Å². The summed E-state index contributed by atoms with van der Waals surface area (Å²) in [6.07, 6.45) is 3.13. The van der Waals surface area contributed by atoms with Gasteiger partial charge in [0, 0.05) is 24.0 Å². The Hall–Kier alpha value is -2.56. The summed E-state index contributed by atoms with van der Waals surface area (Å²) in [6, 6.07) is 7.01. The topological polar surface area (TPSA) is 71.2 Å². The molecule has 0 atom stereocenters. The number of methoxy groups -OCH3 is 1. The Morgan fingerprint density at radius 2 is 2.15 bits per heavy atom. The van der Waals surface area contributed by atoms with Crippen molar-refractivity contribution < 1.29 is 9.53 Å². The summed E-state index contributed by atoms with van der Waals surface area (Å²) in [5.74, 6) is 0.401. The first-order chi connectivity index (χ1) is 9.60. The molecule has 5 heteroatoms. The van der Waals surface area contributed by atoms with Crippen LogP contribution in [0.5, 0.6) is 5.75 Å². The number of carbonyl (C=O) groups excluding carboxylic acids is 1. The Labute approximate surface area is 116 Å². The minimum atomic E-state index is -0.259. The zero-order chi connectivity index (χ0) is 14.5. The average Bonchev–Trinajstić information content (AvgIpc) is 2.41. The SMILES string of the molecule is COc1ccc(C)cc1CC(=O)Nc1c[nH]ccc1=O. The molecule has 0 saturated heterocycles. The van der Waals surface area contributed by atoms with E-state index < -0.39 is 0 Å². The summed E-state index contributed by atoms with van der Waals surface area (Å²) < 4.78 is 5.23. The largest absolute Gasteiger partial charge is 0.496 e. The zero-order valence-electron chi connectivity index (χ0n) is 11.4. The van der Waals surface area contributed by atoms with Crippen molar-refractivity contribution in [2.45, 2.75) is 13.3 Å². The van der Waals surface area contributed by atoms with E-state index in [-0.39, 0.29) is 23.4 Å². The number of carbonyl (C=O) groups is 1. The van der Waals surface area contributed by atoms with E-state index in [1.54, 1.807) is 7.11 Å². The summed E-state index contributed by atoms with van der Waals surface area (Å²) in [6.45, 7) is 1.95. The number of amides is 1. The van der Waals surface area contributed by atoms with Gasteiger partial charge in [0.05, 0.1) is 13.5 Å². The number of hydrogen-bond donors (Lipinski definition) is 2. The summed E-state index contributed by atoms with van der Waals surface area (Å²) in [5, 5.41) is 2.59. The van der Waals surface area contributed by atoms with Crippen molar-refractivity contribution in [1.82, 2.24) is 4.98 Å². The average molecular weight is 272 g/mol. The molecule has 1 amide bonds. The first kappa shape index (κ1) is 13.9. The second-order valence-electron chi connectivity index (χ2n) is 4.46. The maximum Gasteiger partial charge on any atom is 0.229 e. The number of H-pyrrole nitrogens is 1. The van der Waals surface area contributed by atoms with E-state index in [1.807, 2.05) is 25.1 Å². The molecule has 0 bridgehead atoms. The lowest BCUT2D eigenvalue weighted by molar-refractivity contribution is -0.115. The highest BCUT2D eigenvalue weighted by Gasteiger charge is 2.10. The standard InChI is InChI=1S/C15H16N2O3/c1-10-3-4-14(20-2)11(7-10)8-15(19)17-12-9-16-6-5-13(12)18/h3-7,9H,8H2,1-2H3,(H,16,18)(H,17,19). The Balaban J connectivity index is 2.14. The molecule has 0 aliphatic heterocycles. The Kier molecular flexibility index (Phi) is 4.20. The van der Waals surface area contributed by atoms with Crippen LogP contribution in [0.2, 0.25) is 0 Å². The first-order valence-electron chi connectivity index (χ1n) is 6.20. The molecule has 2 rings (SSSR count). The molecule has 104 valence electrons. The van der Waals surface area contributed by atoms with E-state index in [2.05, 4.69) is 10.3 Å². The number of pyridine rings is 1. The minimum absolute atomic E-state index is 0.152. The van der Waals surface area contributed by atoms with Crippen LogP contribution < -0.4 is 15.5 Å². The normalized spacial score (nSPS) is 10.1. The molecule has 0 aliphatic carbocycles. The van der Waals surface area contributed by atoms with E-state index in [1.165, 1.54) is 18.5 Å². The van der Waals surface area contributed by atoms with Crippen LogP contribution in [0.15, 0.2) is 41.5 Å². The van der Waals surface area contributed by atoms with E-state index in [0.717, 1.165) is 11.1 Å². The number of aryl methyl sites for hydroxylation is 1. The lowest BCUT2D eigenvalue weighted by Crippen LogP contribution is -2.19. The van der Waals surface area contributed by atoms with Crippen molar-refractivity contribution in [2.24, 2.45) is 0 Å². The number of ether oxygens (including phenoxy) is 1. The minimum Gasteiger partial charge on any atom is -0.496 e. The first-order valence-corrected chi connectivity index (χ1v) is 6.20.